The summed E-state index contributed by atoms with van der Waals surface area (Å²) < 4.78 is 0. The summed E-state index contributed by atoms with van der Waals surface area (Å²) in [7, 11) is 0. The molecule has 1 fully saturated rings. The molecule has 2 amide bonds. The van der Waals surface area contributed by atoms with Gasteiger partial charge in [-0.1, -0.05) is 35.9 Å². The number of halogens is 1. The van der Waals surface area contributed by atoms with Gasteiger partial charge in [0.25, 0.3) is 5.91 Å². The maximum absolute atomic E-state index is 12.5. The number of hydrogen-bond donors (Lipinski definition) is 1. The number of carbonyl (C=O) groups excluding carboxylic acids is 2. The fourth-order valence-electron chi connectivity index (χ4n) is 2.98. The van der Waals surface area contributed by atoms with Crippen LogP contribution >= 0.6 is 11.6 Å². The quantitative estimate of drug-likeness (QED) is 0.878. The lowest BCUT2D eigenvalue weighted by Crippen LogP contribution is -2.49. The number of amides is 2. The Bertz CT molecular complexity index is 759. The molecule has 0 bridgehead atoms. The van der Waals surface area contributed by atoms with E-state index in [9.17, 15) is 9.59 Å². The van der Waals surface area contributed by atoms with Crippen LogP contribution in [0.3, 0.4) is 0 Å². The molecule has 1 aliphatic heterocycles. The normalized spacial score (nSPS) is 14.9. The van der Waals surface area contributed by atoms with Gasteiger partial charge in [-0.3, -0.25) is 14.5 Å². The number of nitrogens with one attached hydrogen (secondary N) is 1. The Morgan fingerprint density at radius 3 is 2.38 bits per heavy atom. The fraction of sp³-hybridized carbons (Fsp3) is 0.300. The largest absolute Gasteiger partial charge is 0.336 e. The average Bonchev–Trinajstić information content (AvgIpc) is 2.67. The number of anilines is 1. The average molecular weight is 372 g/mol. The molecule has 1 saturated heterocycles. The fourth-order valence-corrected chi connectivity index (χ4v) is 3.17. The number of hydrogen-bond acceptors (Lipinski definition) is 3. The molecule has 2 aromatic carbocycles. The van der Waals surface area contributed by atoms with E-state index in [0.29, 0.717) is 36.6 Å². The van der Waals surface area contributed by atoms with Crippen molar-refractivity contribution in [1.82, 2.24) is 9.80 Å². The van der Waals surface area contributed by atoms with Crippen molar-refractivity contribution in [3.05, 3.63) is 65.2 Å². The highest BCUT2D eigenvalue weighted by Gasteiger charge is 2.22. The van der Waals surface area contributed by atoms with Crippen LogP contribution in [0.5, 0.6) is 0 Å². The summed E-state index contributed by atoms with van der Waals surface area (Å²) in [6.07, 6.45) is 0.442. The zero-order valence-corrected chi connectivity index (χ0v) is 15.3. The number of piperazine rings is 1. The van der Waals surface area contributed by atoms with Crippen molar-refractivity contribution >= 4 is 29.1 Å². The molecule has 1 aliphatic rings. The Balaban J connectivity index is 1.42. The van der Waals surface area contributed by atoms with E-state index >= 15 is 0 Å². The van der Waals surface area contributed by atoms with E-state index in [0.717, 1.165) is 18.8 Å². The van der Waals surface area contributed by atoms with E-state index < -0.39 is 0 Å². The molecule has 26 heavy (non-hydrogen) atoms. The highest BCUT2D eigenvalue weighted by atomic mass is 35.5. The van der Waals surface area contributed by atoms with Gasteiger partial charge in [-0.15, -0.1) is 0 Å². The molecule has 1 heterocycles. The first-order valence-electron chi connectivity index (χ1n) is 8.74. The summed E-state index contributed by atoms with van der Waals surface area (Å²) in [6, 6.07) is 16.5. The van der Waals surface area contributed by atoms with Gasteiger partial charge in [0.2, 0.25) is 5.91 Å². The van der Waals surface area contributed by atoms with Crippen molar-refractivity contribution in [1.29, 1.82) is 0 Å². The smallest absolute Gasteiger partial charge is 0.253 e. The Hall–Kier alpha value is -2.37. The standard InChI is InChI=1S/C20H22ClN3O2/c21-17-6-4-5-16(15-17)20(26)24-13-11-23(12-14-24)10-9-19(25)22-18-7-2-1-3-8-18/h1-8,15H,9-14H2,(H,22,25). The molecule has 0 saturated carbocycles. The van der Waals surface area contributed by atoms with Crippen LogP contribution in [0, 0.1) is 0 Å². The van der Waals surface area contributed by atoms with Gasteiger partial charge in [-0.05, 0) is 30.3 Å². The maximum atomic E-state index is 12.5. The first-order valence-corrected chi connectivity index (χ1v) is 9.12. The lowest BCUT2D eigenvalue weighted by molar-refractivity contribution is -0.116. The van der Waals surface area contributed by atoms with Crippen molar-refractivity contribution in [2.75, 3.05) is 38.0 Å². The maximum Gasteiger partial charge on any atom is 0.253 e. The van der Waals surface area contributed by atoms with Crippen molar-refractivity contribution in [3.63, 3.8) is 0 Å². The molecule has 6 heteroatoms. The minimum Gasteiger partial charge on any atom is -0.336 e. The third-order valence-corrected chi connectivity index (χ3v) is 4.68. The molecule has 0 aromatic heterocycles. The zero-order chi connectivity index (χ0) is 18.4. The number of nitrogens with zero attached hydrogens (tertiary/aromatic N) is 2. The van der Waals surface area contributed by atoms with Gasteiger partial charge in [0.1, 0.15) is 0 Å². The highest BCUT2D eigenvalue weighted by Crippen LogP contribution is 2.14. The molecular formula is C20H22ClN3O2. The van der Waals surface area contributed by atoms with Crippen LogP contribution in [0.15, 0.2) is 54.6 Å². The van der Waals surface area contributed by atoms with E-state index in [1.807, 2.05) is 35.2 Å². The van der Waals surface area contributed by atoms with Crippen molar-refractivity contribution in [3.8, 4) is 0 Å². The zero-order valence-electron chi connectivity index (χ0n) is 14.5. The summed E-state index contributed by atoms with van der Waals surface area (Å²) in [4.78, 5) is 28.6. The molecule has 1 N–H and O–H groups in total. The van der Waals surface area contributed by atoms with Gasteiger partial charge in [0.05, 0.1) is 0 Å². The third kappa shape index (κ3) is 5.07. The molecular weight excluding hydrogens is 350 g/mol. The van der Waals surface area contributed by atoms with Gasteiger partial charge in [0.15, 0.2) is 0 Å². The van der Waals surface area contributed by atoms with Crippen LogP contribution in [0.4, 0.5) is 5.69 Å². The summed E-state index contributed by atoms with van der Waals surface area (Å²) in [5.74, 6) is 0.0163. The predicted molar refractivity (Wildman–Crippen MR) is 103 cm³/mol. The SMILES string of the molecule is O=C(CCN1CCN(C(=O)c2cccc(Cl)c2)CC1)Nc1ccccc1. The van der Waals surface area contributed by atoms with Crippen LogP contribution in [0.2, 0.25) is 5.02 Å². The minimum atomic E-state index is 0.00799. The Morgan fingerprint density at radius 1 is 0.962 bits per heavy atom. The van der Waals surface area contributed by atoms with Gasteiger partial charge >= 0.3 is 0 Å². The predicted octanol–water partition coefficient (Wildman–Crippen LogP) is 3.13. The molecule has 0 radical (unpaired) electrons. The summed E-state index contributed by atoms with van der Waals surface area (Å²) in [6.45, 7) is 3.55. The summed E-state index contributed by atoms with van der Waals surface area (Å²) in [5.41, 5.74) is 1.43. The number of benzene rings is 2. The summed E-state index contributed by atoms with van der Waals surface area (Å²) in [5, 5.41) is 3.46. The third-order valence-electron chi connectivity index (χ3n) is 4.44. The second-order valence-electron chi connectivity index (χ2n) is 6.31. The minimum absolute atomic E-state index is 0.00799. The van der Waals surface area contributed by atoms with Crippen LogP contribution < -0.4 is 5.32 Å². The Labute approximate surface area is 158 Å². The highest BCUT2D eigenvalue weighted by molar-refractivity contribution is 6.30. The lowest BCUT2D eigenvalue weighted by Gasteiger charge is -2.34. The molecule has 0 spiro atoms. The number of para-hydroxylation sites is 1. The van der Waals surface area contributed by atoms with Crippen molar-refractivity contribution in [2.24, 2.45) is 0 Å². The van der Waals surface area contributed by atoms with Crippen molar-refractivity contribution < 1.29 is 9.59 Å². The van der Waals surface area contributed by atoms with E-state index in [1.165, 1.54) is 0 Å². The number of rotatable bonds is 5. The number of carbonyl (C=O) groups is 2. The molecule has 0 atom stereocenters. The van der Waals surface area contributed by atoms with Crippen molar-refractivity contribution in [2.45, 2.75) is 6.42 Å². The van der Waals surface area contributed by atoms with Gasteiger partial charge in [0, 0.05) is 55.4 Å². The first-order chi connectivity index (χ1) is 12.6. The molecule has 136 valence electrons. The van der Waals surface area contributed by atoms with E-state index in [-0.39, 0.29) is 11.8 Å². The van der Waals surface area contributed by atoms with Crippen LogP contribution in [-0.2, 0) is 4.79 Å². The molecule has 2 aromatic rings. The molecule has 0 unspecified atom stereocenters. The second-order valence-corrected chi connectivity index (χ2v) is 6.74. The van der Waals surface area contributed by atoms with Crippen LogP contribution in [-0.4, -0.2) is 54.3 Å². The Morgan fingerprint density at radius 2 is 1.69 bits per heavy atom. The topological polar surface area (TPSA) is 52.7 Å². The van der Waals surface area contributed by atoms with E-state index in [1.54, 1.807) is 24.3 Å². The molecule has 0 aliphatic carbocycles. The Kier molecular flexibility index (Phi) is 6.26. The summed E-state index contributed by atoms with van der Waals surface area (Å²) >= 11 is 5.96. The lowest BCUT2D eigenvalue weighted by atomic mass is 10.2. The second kappa shape index (κ2) is 8.83. The van der Waals surface area contributed by atoms with Gasteiger partial charge in [-0.2, -0.15) is 0 Å². The van der Waals surface area contributed by atoms with E-state index in [4.69, 9.17) is 11.6 Å². The van der Waals surface area contributed by atoms with E-state index in [2.05, 4.69) is 10.2 Å². The van der Waals surface area contributed by atoms with Gasteiger partial charge < -0.3 is 10.2 Å². The van der Waals surface area contributed by atoms with Crippen LogP contribution in [0.25, 0.3) is 0 Å². The monoisotopic (exact) mass is 371 g/mol. The molecule has 5 nitrogen and oxygen atoms in total. The van der Waals surface area contributed by atoms with Crippen LogP contribution in [0.1, 0.15) is 16.8 Å². The molecule has 3 rings (SSSR count). The van der Waals surface area contributed by atoms with Gasteiger partial charge in [-0.25, -0.2) is 0 Å². The first kappa shape index (κ1) is 18.4.